The van der Waals surface area contributed by atoms with Gasteiger partial charge in [0.2, 0.25) is 0 Å². The van der Waals surface area contributed by atoms with Crippen molar-refractivity contribution < 1.29 is 9.47 Å². The summed E-state index contributed by atoms with van der Waals surface area (Å²) in [5, 5.41) is 0.993. The number of nitrogens with zero attached hydrogens (tertiary/aromatic N) is 3. The number of hydrogen-bond donors (Lipinski definition) is 0. The fourth-order valence-corrected chi connectivity index (χ4v) is 4.56. The van der Waals surface area contributed by atoms with Crippen molar-refractivity contribution in [3.8, 4) is 11.5 Å². The Balaban J connectivity index is 2.45. The average Bonchev–Trinajstić information content (AvgIpc) is 2.72. The van der Waals surface area contributed by atoms with Crippen LogP contribution in [0.25, 0.3) is 10.9 Å². The molecule has 5 heteroatoms. The molecule has 0 amide bonds. The van der Waals surface area contributed by atoms with Gasteiger partial charge in [-0.1, -0.05) is 0 Å². The highest BCUT2D eigenvalue weighted by molar-refractivity contribution is 5.99. The monoisotopic (exact) mass is 407 g/mol. The SMILES string of the molecule is COc1c(OC)c(C)c2c(N(C)c3c(C)c(C)c(C)c(C)c3C)nc(C)nc2c1C. The Morgan fingerprint density at radius 1 is 0.600 bits per heavy atom. The topological polar surface area (TPSA) is 47.5 Å². The molecule has 0 aliphatic carbocycles. The van der Waals surface area contributed by atoms with Crippen LogP contribution in [0.3, 0.4) is 0 Å². The van der Waals surface area contributed by atoms with Gasteiger partial charge in [-0.3, -0.25) is 0 Å². The van der Waals surface area contributed by atoms with Gasteiger partial charge in [-0.25, -0.2) is 9.97 Å². The maximum Gasteiger partial charge on any atom is 0.166 e. The molecule has 2 aromatic carbocycles. The fraction of sp³-hybridized carbons (Fsp3) is 0.440. The van der Waals surface area contributed by atoms with Crippen molar-refractivity contribution in [1.82, 2.24) is 9.97 Å². The summed E-state index contributed by atoms with van der Waals surface area (Å²) in [6.07, 6.45) is 0. The minimum Gasteiger partial charge on any atom is -0.493 e. The van der Waals surface area contributed by atoms with E-state index in [9.17, 15) is 0 Å². The lowest BCUT2D eigenvalue weighted by molar-refractivity contribution is 0.352. The van der Waals surface area contributed by atoms with E-state index in [1.165, 1.54) is 33.5 Å². The number of aromatic nitrogens is 2. The predicted octanol–water partition coefficient (Wildman–Crippen LogP) is 5.88. The number of benzene rings is 2. The summed E-state index contributed by atoms with van der Waals surface area (Å²) in [6.45, 7) is 17.0. The lowest BCUT2D eigenvalue weighted by atomic mass is 9.92. The molecule has 0 radical (unpaired) electrons. The Labute approximate surface area is 180 Å². The lowest BCUT2D eigenvalue weighted by Gasteiger charge is -2.28. The first-order valence-electron chi connectivity index (χ1n) is 10.3. The van der Waals surface area contributed by atoms with E-state index in [0.717, 1.165) is 45.2 Å². The number of methoxy groups -OCH3 is 2. The minimum absolute atomic E-state index is 0.726. The smallest absolute Gasteiger partial charge is 0.166 e. The van der Waals surface area contributed by atoms with Crippen molar-refractivity contribution in [3.05, 3.63) is 44.8 Å². The molecular formula is C25H33N3O2. The van der Waals surface area contributed by atoms with Gasteiger partial charge in [0.1, 0.15) is 11.6 Å². The third-order valence-electron chi connectivity index (χ3n) is 6.64. The maximum absolute atomic E-state index is 5.73. The molecule has 3 rings (SSSR count). The van der Waals surface area contributed by atoms with Gasteiger partial charge >= 0.3 is 0 Å². The Morgan fingerprint density at radius 3 is 1.57 bits per heavy atom. The summed E-state index contributed by atoms with van der Waals surface area (Å²) in [5.41, 5.74) is 10.6. The molecule has 0 saturated heterocycles. The summed E-state index contributed by atoms with van der Waals surface area (Å²) in [5.74, 6) is 3.07. The van der Waals surface area contributed by atoms with Gasteiger partial charge < -0.3 is 14.4 Å². The summed E-state index contributed by atoms with van der Waals surface area (Å²) in [4.78, 5) is 11.9. The van der Waals surface area contributed by atoms with E-state index < -0.39 is 0 Å². The van der Waals surface area contributed by atoms with Gasteiger partial charge in [-0.05, 0) is 83.2 Å². The zero-order valence-corrected chi connectivity index (χ0v) is 20.2. The molecule has 3 aromatic rings. The molecule has 0 fully saturated rings. The molecule has 0 aliphatic heterocycles. The summed E-state index contributed by atoms with van der Waals surface area (Å²) < 4.78 is 11.4. The number of aryl methyl sites for hydroxylation is 3. The molecule has 1 heterocycles. The van der Waals surface area contributed by atoms with E-state index in [1.807, 2.05) is 20.8 Å². The van der Waals surface area contributed by atoms with Gasteiger partial charge in [0.05, 0.1) is 25.1 Å². The zero-order chi connectivity index (χ0) is 22.5. The van der Waals surface area contributed by atoms with Gasteiger partial charge in [0.15, 0.2) is 11.5 Å². The van der Waals surface area contributed by atoms with Crippen molar-refractivity contribution in [2.45, 2.75) is 55.4 Å². The van der Waals surface area contributed by atoms with Crippen LogP contribution in [0.4, 0.5) is 11.5 Å². The number of ether oxygens (including phenoxy) is 2. The quantitative estimate of drug-likeness (QED) is 0.540. The third kappa shape index (κ3) is 3.08. The van der Waals surface area contributed by atoms with E-state index >= 15 is 0 Å². The third-order valence-corrected chi connectivity index (χ3v) is 6.64. The molecule has 0 aliphatic rings. The summed E-state index contributed by atoms with van der Waals surface area (Å²) >= 11 is 0. The first-order valence-corrected chi connectivity index (χ1v) is 10.3. The molecule has 5 nitrogen and oxygen atoms in total. The van der Waals surface area contributed by atoms with Crippen molar-refractivity contribution in [2.75, 3.05) is 26.2 Å². The summed E-state index contributed by atoms with van der Waals surface area (Å²) in [6, 6.07) is 0. The van der Waals surface area contributed by atoms with Crippen LogP contribution in [-0.2, 0) is 0 Å². The molecule has 0 bridgehead atoms. The lowest BCUT2D eigenvalue weighted by Crippen LogP contribution is -2.18. The van der Waals surface area contributed by atoms with Crippen LogP contribution in [0, 0.1) is 55.4 Å². The maximum atomic E-state index is 5.73. The van der Waals surface area contributed by atoms with Crippen molar-refractivity contribution >= 4 is 22.4 Å². The molecular weight excluding hydrogens is 374 g/mol. The predicted molar refractivity (Wildman–Crippen MR) is 125 cm³/mol. The molecule has 30 heavy (non-hydrogen) atoms. The van der Waals surface area contributed by atoms with E-state index in [4.69, 9.17) is 19.4 Å². The van der Waals surface area contributed by atoms with E-state index in [1.54, 1.807) is 14.2 Å². The molecule has 160 valence electrons. The fourth-order valence-electron chi connectivity index (χ4n) is 4.56. The molecule has 0 atom stereocenters. The second kappa shape index (κ2) is 7.78. The minimum atomic E-state index is 0.726. The van der Waals surface area contributed by atoms with Crippen LogP contribution in [0.15, 0.2) is 0 Å². The van der Waals surface area contributed by atoms with E-state index in [2.05, 4.69) is 46.6 Å². The van der Waals surface area contributed by atoms with E-state index in [0.29, 0.717) is 0 Å². The number of hydrogen-bond acceptors (Lipinski definition) is 5. The van der Waals surface area contributed by atoms with Crippen molar-refractivity contribution in [2.24, 2.45) is 0 Å². The van der Waals surface area contributed by atoms with Crippen LogP contribution in [0.5, 0.6) is 11.5 Å². The molecule has 0 saturated carbocycles. The molecule has 0 unspecified atom stereocenters. The largest absolute Gasteiger partial charge is 0.493 e. The van der Waals surface area contributed by atoms with Gasteiger partial charge in [0, 0.05) is 23.9 Å². The van der Waals surface area contributed by atoms with Crippen LogP contribution in [-0.4, -0.2) is 31.2 Å². The van der Waals surface area contributed by atoms with Crippen LogP contribution in [0.1, 0.15) is 44.8 Å². The Kier molecular flexibility index (Phi) is 5.68. The van der Waals surface area contributed by atoms with Gasteiger partial charge in [0.25, 0.3) is 0 Å². The van der Waals surface area contributed by atoms with Crippen LogP contribution in [0.2, 0.25) is 0 Å². The second-order valence-corrected chi connectivity index (χ2v) is 8.17. The summed E-state index contributed by atoms with van der Waals surface area (Å²) in [7, 11) is 5.44. The van der Waals surface area contributed by atoms with Crippen LogP contribution < -0.4 is 14.4 Å². The standard InChI is InChI=1S/C25H33N3O2/c1-12-13(2)15(4)22(16(5)14(12)3)28(9)25-20-17(6)23(29-10)24(30-11)18(7)21(20)26-19(8)27-25/h1-11H3. The zero-order valence-electron chi connectivity index (χ0n) is 20.2. The Hall–Kier alpha value is -2.82. The second-order valence-electron chi connectivity index (χ2n) is 8.17. The Bertz CT molecular complexity index is 1140. The highest BCUT2D eigenvalue weighted by Crippen LogP contribution is 2.45. The molecule has 1 aromatic heterocycles. The molecule has 0 N–H and O–H groups in total. The average molecular weight is 408 g/mol. The van der Waals surface area contributed by atoms with Crippen LogP contribution >= 0.6 is 0 Å². The number of rotatable bonds is 4. The normalized spacial score (nSPS) is 11.2. The first-order chi connectivity index (χ1) is 14.1. The Morgan fingerprint density at radius 2 is 1.07 bits per heavy atom. The van der Waals surface area contributed by atoms with E-state index in [-0.39, 0.29) is 0 Å². The van der Waals surface area contributed by atoms with Crippen molar-refractivity contribution in [3.63, 3.8) is 0 Å². The van der Waals surface area contributed by atoms with Crippen molar-refractivity contribution in [1.29, 1.82) is 0 Å². The highest BCUT2D eigenvalue weighted by Gasteiger charge is 2.25. The number of fused-ring (bicyclic) bond motifs is 1. The number of anilines is 2. The first kappa shape index (κ1) is 21.9. The highest BCUT2D eigenvalue weighted by atomic mass is 16.5. The van der Waals surface area contributed by atoms with Gasteiger partial charge in [-0.2, -0.15) is 0 Å². The van der Waals surface area contributed by atoms with Gasteiger partial charge in [-0.15, -0.1) is 0 Å². The molecule has 0 spiro atoms.